The fourth-order valence-electron chi connectivity index (χ4n) is 2.60. The molecule has 0 spiro atoms. The molecule has 0 unspecified atom stereocenters. The topological polar surface area (TPSA) is 70.2 Å². The van der Waals surface area contributed by atoms with Crippen LogP contribution in [-0.4, -0.2) is 47.0 Å². The molecule has 114 valence electrons. The maximum absolute atomic E-state index is 12.1. The lowest BCUT2D eigenvalue weighted by Crippen LogP contribution is -2.33. The van der Waals surface area contributed by atoms with Crippen LogP contribution in [0.4, 0.5) is 11.6 Å². The third kappa shape index (κ3) is 3.62. The van der Waals surface area contributed by atoms with E-state index in [-0.39, 0.29) is 5.91 Å². The first-order valence-corrected chi connectivity index (χ1v) is 7.90. The highest BCUT2D eigenvalue weighted by atomic mass is 16.2. The second-order valence-corrected chi connectivity index (χ2v) is 5.74. The minimum Gasteiger partial charge on any atom is -0.370 e. The van der Waals surface area contributed by atoms with Crippen LogP contribution in [0.2, 0.25) is 0 Å². The monoisotopic (exact) mass is 289 g/mol. The molecule has 2 aliphatic rings. The van der Waals surface area contributed by atoms with Crippen LogP contribution >= 0.6 is 0 Å². The molecule has 6 nitrogen and oxygen atoms in total. The van der Waals surface area contributed by atoms with Gasteiger partial charge in [-0.05, 0) is 32.6 Å². The van der Waals surface area contributed by atoms with Gasteiger partial charge < -0.3 is 15.5 Å². The van der Waals surface area contributed by atoms with Crippen molar-refractivity contribution in [3.63, 3.8) is 0 Å². The SMILES string of the molecule is CCNc1cc(NCC(=O)N2CCCC2)nc(C2CC2)n1. The summed E-state index contributed by atoms with van der Waals surface area (Å²) in [6.07, 6.45) is 4.58. The number of likely N-dealkylation sites (tertiary alicyclic amines) is 1. The van der Waals surface area contributed by atoms with E-state index in [1.807, 2.05) is 17.9 Å². The Kier molecular flexibility index (Phi) is 4.22. The third-order valence-electron chi connectivity index (χ3n) is 3.92. The molecule has 21 heavy (non-hydrogen) atoms. The van der Waals surface area contributed by atoms with E-state index in [1.165, 1.54) is 12.8 Å². The van der Waals surface area contributed by atoms with Crippen molar-refractivity contribution < 1.29 is 4.79 Å². The van der Waals surface area contributed by atoms with E-state index in [4.69, 9.17) is 0 Å². The van der Waals surface area contributed by atoms with Gasteiger partial charge in [-0.1, -0.05) is 0 Å². The van der Waals surface area contributed by atoms with Gasteiger partial charge >= 0.3 is 0 Å². The smallest absolute Gasteiger partial charge is 0.241 e. The molecule has 1 saturated heterocycles. The molecule has 0 atom stereocenters. The van der Waals surface area contributed by atoms with Crippen molar-refractivity contribution in [2.24, 2.45) is 0 Å². The molecule has 3 rings (SSSR count). The maximum atomic E-state index is 12.1. The van der Waals surface area contributed by atoms with Crippen LogP contribution in [0.25, 0.3) is 0 Å². The first-order valence-electron chi connectivity index (χ1n) is 7.90. The molecule has 1 saturated carbocycles. The van der Waals surface area contributed by atoms with Crippen molar-refractivity contribution in [3.8, 4) is 0 Å². The summed E-state index contributed by atoms with van der Waals surface area (Å²) in [7, 11) is 0. The molecule has 6 heteroatoms. The Labute approximate surface area is 125 Å². The standard InChI is InChI=1S/C15H23N5O/c1-2-16-12-9-13(19-15(18-12)11-5-6-11)17-10-14(21)20-7-3-4-8-20/h9,11H,2-8,10H2,1H3,(H2,16,17,18,19). The lowest BCUT2D eigenvalue weighted by atomic mass is 10.3. The Hall–Kier alpha value is -1.85. The van der Waals surface area contributed by atoms with Crippen molar-refractivity contribution in [3.05, 3.63) is 11.9 Å². The number of aromatic nitrogens is 2. The number of amides is 1. The van der Waals surface area contributed by atoms with Gasteiger partial charge in [0.1, 0.15) is 17.5 Å². The van der Waals surface area contributed by atoms with Crippen molar-refractivity contribution >= 4 is 17.5 Å². The van der Waals surface area contributed by atoms with Crippen LogP contribution in [0.5, 0.6) is 0 Å². The van der Waals surface area contributed by atoms with Crippen LogP contribution in [0.15, 0.2) is 6.07 Å². The normalized spacial score (nSPS) is 17.9. The predicted molar refractivity (Wildman–Crippen MR) is 82.5 cm³/mol. The highest BCUT2D eigenvalue weighted by Gasteiger charge is 2.27. The van der Waals surface area contributed by atoms with Gasteiger partial charge in [0.25, 0.3) is 0 Å². The summed E-state index contributed by atoms with van der Waals surface area (Å²) in [5.74, 6) is 3.13. The highest BCUT2D eigenvalue weighted by molar-refractivity contribution is 5.80. The molecule has 2 fully saturated rings. The predicted octanol–water partition coefficient (Wildman–Crippen LogP) is 1.82. The first-order chi connectivity index (χ1) is 10.3. The fraction of sp³-hybridized carbons (Fsp3) is 0.667. The molecule has 0 bridgehead atoms. The largest absolute Gasteiger partial charge is 0.370 e. The van der Waals surface area contributed by atoms with Crippen molar-refractivity contribution in [2.45, 2.75) is 38.5 Å². The third-order valence-corrected chi connectivity index (χ3v) is 3.92. The van der Waals surface area contributed by atoms with Crippen molar-refractivity contribution in [2.75, 3.05) is 36.8 Å². The average Bonchev–Trinajstić information content (AvgIpc) is 3.20. The summed E-state index contributed by atoms with van der Waals surface area (Å²) < 4.78 is 0. The average molecular weight is 289 g/mol. The van der Waals surface area contributed by atoms with E-state index in [0.29, 0.717) is 12.5 Å². The first kappa shape index (κ1) is 14.1. The minimum absolute atomic E-state index is 0.157. The van der Waals surface area contributed by atoms with Gasteiger partial charge in [0.2, 0.25) is 5.91 Å². The second kappa shape index (κ2) is 6.28. The maximum Gasteiger partial charge on any atom is 0.241 e. The van der Waals surface area contributed by atoms with E-state index in [1.54, 1.807) is 0 Å². The molecule has 1 amide bonds. The Morgan fingerprint density at radius 1 is 1.24 bits per heavy atom. The Bertz CT molecular complexity index is 509. The molecule has 0 radical (unpaired) electrons. The summed E-state index contributed by atoms with van der Waals surface area (Å²) in [6.45, 7) is 4.96. The van der Waals surface area contributed by atoms with Gasteiger partial charge in [0, 0.05) is 31.6 Å². The summed E-state index contributed by atoms with van der Waals surface area (Å²) in [5.41, 5.74) is 0. The van der Waals surface area contributed by atoms with Crippen LogP contribution in [0.3, 0.4) is 0 Å². The Morgan fingerprint density at radius 2 is 1.90 bits per heavy atom. The number of nitrogens with one attached hydrogen (secondary N) is 2. The van der Waals surface area contributed by atoms with Crippen molar-refractivity contribution in [1.29, 1.82) is 0 Å². The van der Waals surface area contributed by atoms with Gasteiger partial charge in [-0.25, -0.2) is 9.97 Å². The van der Waals surface area contributed by atoms with Gasteiger partial charge in [-0.3, -0.25) is 4.79 Å². The van der Waals surface area contributed by atoms with E-state index in [2.05, 4.69) is 20.6 Å². The summed E-state index contributed by atoms with van der Waals surface area (Å²) in [5, 5.41) is 6.39. The van der Waals surface area contributed by atoms with Gasteiger partial charge in [-0.15, -0.1) is 0 Å². The zero-order chi connectivity index (χ0) is 14.7. The summed E-state index contributed by atoms with van der Waals surface area (Å²) >= 11 is 0. The Morgan fingerprint density at radius 3 is 2.52 bits per heavy atom. The van der Waals surface area contributed by atoms with Crippen LogP contribution in [0.1, 0.15) is 44.3 Å². The van der Waals surface area contributed by atoms with Gasteiger partial charge in [0.15, 0.2) is 0 Å². The molecular formula is C15H23N5O. The van der Waals surface area contributed by atoms with Crippen LogP contribution in [0, 0.1) is 0 Å². The molecule has 2 heterocycles. The molecule has 0 aromatic carbocycles. The fourth-order valence-corrected chi connectivity index (χ4v) is 2.60. The van der Waals surface area contributed by atoms with E-state index in [9.17, 15) is 4.79 Å². The van der Waals surface area contributed by atoms with Crippen LogP contribution in [-0.2, 0) is 4.79 Å². The summed E-state index contributed by atoms with van der Waals surface area (Å²) in [6, 6.07) is 1.88. The van der Waals surface area contributed by atoms with Crippen molar-refractivity contribution in [1.82, 2.24) is 14.9 Å². The number of hydrogen-bond donors (Lipinski definition) is 2. The van der Waals surface area contributed by atoms with Gasteiger partial charge in [-0.2, -0.15) is 0 Å². The quantitative estimate of drug-likeness (QED) is 0.836. The molecule has 2 N–H and O–H groups in total. The number of nitrogens with zero attached hydrogens (tertiary/aromatic N) is 3. The second-order valence-electron chi connectivity index (χ2n) is 5.74. The Balaban J connectivity index is 1.64. The summed E-state index contributed by atoms with van der Waals surface area (Å²) in [4.78, 5) is 23.1. The lowest BCUT2D eigenvalue weighted by Gasteiger charge is -2.16. The highest BCUT2D eigenvalue weighted by Crippen LogP contribution is 2.38. The van der Waals surface area contributed by atoms with Crippen LogP contribution < -0.4 is 10.6 Å². The molecular weight excluding hydrogens is 266 g/mol. The number of rotatable bonds is 6. The number of hydrogen-bond acceptors (Lipinski definition) is 5. The molecule has 1 aromatic rings. The van der Waals surface area contributed by atoms with Gasteiger partial charge in [0.05, 0.1) is 6.54 Å². The number of anilines is 2. The van der Waals surface area contributed by atoms with E-state index >= 15 is 0 Å². The zero-order valence-corrected chi connectivity index (χ0v) is 12.6. The molecule has 1 aliphatic carbocycles. The number of carbonyl (C=O) groups excluding carboxylic acids is 1. The zero-order valence-electron chi connectivity index (χ0n) is 12.6. The lowest BCUT2D eigenvalue weighted by molar-refractivity contribution is -0.128. The number of carbonyl (C=O) groups is 1. The van der Waals surface area contributed by atoms with E-state index < -0.39 is 0 Å². The minimum atomic E-state index is 0.157. The van der Waals surface area contributed by atoms with E-state index in [0.717, 1.165) is 49.9 Å². The molecule has 1 aliphatic heterocycles. The molecule has 1 aromatic heterocycles.